The van der Waals surface area contributed by atoms with Crippen molar-refractivity contribution in [3.05, 3.63) is 72.0 Å². The van der Waals surface area contributed by atoms with Crippen LogP contribution in [0.5, 0.6) is 0 Å². The molecule has 2 heterocycles. The van der Waals surface area contributed by atoms with Gasteiger partial charge >= 0.3 is 0 Å². The van der Waals surface area contributed by atoms with Crippen LogP contribution >= 0.6 is 11.8 Å². The Morgan fingerprint density at radius 1 is 1.12 bits per heavy atom. The molecule has 0 aliphatic carbocycles. The van der Waals surface area contributed by atoms with Gasteiger partial charge in [-0.1, -0.05) is 59.4 Å². The summed E-state index contributed by atoms with van der Waals surface area (Å²) in [4.78, 5) is 12.0. The van der Waals surface area contributed by atoms with E-state index in [2.05, 4.69) is 20.1 Å². The quantitative estimate of drug-likeness (QED) is 0.511. The van der Waals surface area contributed by atoms with Crippen LogP contribution in [0.25, 0.3) is 22.6 Å². The summed E-state index contributed by atoms with van der Waals surface area (Å²) in [6.07, 6.45) is 1.80. The maximum atomic E-state index is 13.7. The third kappa shape index (κ3) is 3.52. The summed E-state index contributed by atoms with van der Waals surface area (Å²) in [5, 5.41) is 4.69. The first-order chi connectivity index (χ1) is 12.7. The number of nitrogens with one attached hydrogen (secondary N) is 1. The topological polar surface area (TPSA) is 67.6 Å². The van der Waals surface area contributed by atoms with Gasteiger partial charge in [0.15, 0.2) is 5.16 Å². The number of nitrogens with zero attached hydrogens (tertiary/aromatic N) is 3. The van der Waals surface area contributed by atoms with Crippen molar-refractivity contribution < 1.29 is 8.91 Å². The molecule has 0 bridgehead atoms. The third-order valence-corrected chi connectivity index (χ3v) is 4.74. The lowest BCUT2D eigenvalue weighted by atomic mass is 10.1. The molecule has 5 nitrogen and oxygen atoms in total. The number of imidazole rings is 1. The molecule has 7 heteroatoms. The molecule has 130 valence electrons. The maximum Gasteiger partial charge on any atom is 0.237 e. The van der Waals surface area contributed by atoms with E-state index in [-0.39, 0.29) is 5.82 Å². The van der Waals surface area contributed by atoms with Crippen molar-refractivity contribution in [2.75, 3.05) is 0 Å². The van der Waals surface area contributed by atoms with E-state index >= 15 is 0 Å². The molecule has 2 aromatic carbocycles. The fraction of sp³-hybridized carbons (Fsp3) is 0.105. The number of hydrogen-bond donors (Lipinski definition) is 1. The summed E-state index contributed by atoms with van der Waals surface area (Å²) in [5.41, 5.74) is 3.21. The minimum atomic E-state index is -0.285. The van der Waals surface area contributed by atoms with Crippen molar-refractivity contribution in [2.24, 2.45) is 0 Å². The van der Waals surface area contributed by atoms with E-state index in [0.29, 0.717) is 28.6 Å². The molecule has 1 N–H and O–H groups in total. The van der Waals surface area contributed by atoms with Crippen LogP contribution in [0.15, 0.2) is 64.4 Å². The first-order valence-corrected chi connectivity index (χ1v) is 9.00. The molecule has 4 aromatic rings. The highest BCUT2D eigenvalue weighted by Crippen LogP contribution is 2.25. The van der Waals surface area contributed by atoms with Crippen molar-refractivity contribution in [2.45, 2.75) is 17.8 Å². The average molecular weight is 366 g/mol. The Labute approximate surface area is 153 Å². The highest BCUT2D eigenvalue weighted by molar-refractivity contribution is 7.98. The highest BCUT2D eigenvalue weighted by Gasteiger charge is 2.12. The Kier molecular flexibility index (Phi) is 4.53. The number of thioether (sulfide) groups is 1. The molecular formula is C19H15FN4OS. The first kappa shape index (κ1) is 16.5. The standard InChI is InChI=1S/C19H15FN4OS/c1-12-7-8-14(9-15(12)20)18-23-17(25-24-18)11-26-19-21-10-16(22-19)13-5-3-2-4-6-13/h2-10H,11H2,1H3,(H,21,22). The summed E-state index contributed by atoms with van der Waals surface area (Å²) in [6.45, 7) is 1.71. The number of rotatable bonds is 5. The molecule has 0 unspecified atom stereocenters. The molecule has 26 heavy (non-hydrogen) atoms. The number of aryl methyl sites for hydroxylation is 1. The molecule has 0 saturated carbocycles. The van der Waals surface area contributed by atoms with E-state index in [0.717, 1.165) is 16.4 Å². The lowest BCUT2D eigenvalue weighted by Gasteiger charge is -1.97. The van der Waals surface area contributed by atoms with Crippen LogP contribution in [0.1, 0.15) is 11.5 Å². The van der Waals surface area contributed by atoms with E-state index in [1.54, 1.807) is 25.3 Å². The third-order valence-electron chi connectivity index (χ3n) is 3.87. The van der Waals surface area contributed by atoms with Gasteiger partial charge in [-0.3, -0.25) is 0 Å². The van der Waals surface area contributed by atoms with Gasteiger partial charge in [0.25, 0.3) is 0 Å². The van der Waals surface area contributed by atoms with Gasteiger partial charge in [0, 0.05) is 5.56 Å². The minimum absolute atomic E-state index is 0.285. The van der Waals surface area contributed by atoms with Crippen LogP contribution in [0.3, 0.4) is 0 Å². The normalized spacial score (nSPS) is 11.0. The van der Waals surface area contributed by atoms with Gasteiger partial charge in [-0.05, 0) is 24.1 Å². The Morgan fingerprint density at radius 3 is 2.77 bits per heavy atom. The molecule has 0 radical (unpaired) electrons. The van der Waals surface area contributed by atoms with Crippen molar-refractivity contribution in [1.29, 1.82) is 0 Å². The Balaban J connectivity index is 1.44. The SMILES string of the molecule is Cc1ccc(-c2noc(CSc3ncc(-c4ccccc4)[nH]3)n2)cc1F. The summed E-state index contributed by atoms with van der Waals surface area (Å²) in [5.74, 6) is 1.03. The van der Waals surface area contributed by atoms with E-state index in [1.165, 1.54) is 17.8 Å². The van der Waals surface area contributed by atoms with Gasteiger partial charge in [-0.2, -0.15) is 4.98 Å². The fourth-order valence-corrected chi connectivity index (χ4v) is 3.12. The molecule has 4 rings (SSSR count). The zero-order valence-electron chi connectivity index (χ0n) is 13.9. The second-order valence-electron chi connectivity index (χ2n) is 5.73. The second kappa shape index (κ2) is 7.13. The van der Waals surface area contributed by atoms with E-state index in [1.807, 2.05) is 30.3 Å². The summed E-state index contributed by atoms with van der Waals surface area (Å²) < 4.78 is 18.9. The maximum absolute atomic E-state index is 13.7. The van der Waals surface area contributed by atoms with Crippen molar-refractivity contribution in [3.63, 3.8) is 0 Å². The number of hydrogen-bond acceptors (Lipinski definition) is 5. The molecule has 0 aliphatic heterocycles. The zero-order valence-corrected chi connectivity index (χ0v) is 14.8. The second-order valence-corrected chi connectivity index (χ2v) is 6.70. The predicted molar refractivity (Wildman–Crippen MR) is 98.0 cm³/mol. The Bertz CT molecular complexity index is 1030. The van der Waals surface area contributed by atoms with Crippen molar-refractivity contribution >= 4 is 11.8 Å². The average Bonchev–Trinajstić information content (AvgIpc) is 3.32. The highest BCUT2D eigenvalue weighted by atomic mass is 32.2. The van der Waals surface area contributed by atoms with Crippen LogP contribution in [0.2, 0.25) is 0 Å². The molecule has 0 atom stereocenters. The van der Waals surface area contributed by atoms with Crippen LogP contribution < -0.4 is 0 Å². The predicted octanol–water partition coefficient (Wildman–Crippen LogP) is 4.87. The van der Waals surface area contributed by atoms with Crippen LogP contribution in [-0.4, -0.2) is 20.1 Å². The zero-order chi connectivity index (χ0) is 17.9. The fourth-order valence-electron chi connectivity index (χ4n) is 2.43. The van der Waals surface area contributed by atoms with Gasteiger partial charge in [-0.25, -0.2) is 9.37 Å². The van der Waals surface area contributed by atoms with Gasteiger partial charge in [0.05, 0.1) is 17.6 Å². The summed E-state index contributed by atoms with van der Waals surface area (Å²) in [6, 6.07) is 14.9. The van der Waals surface area contributed by atoms with Crippen LogP contribution in [-0.2, 0) is 5.75 Å². The number of H-pyrrole nitrogens is 1. The van der Waals surface area contributed by atoms with Gasteiger partial charge in [-0.15, -0.1) is 0 Å². The molecule has 0 spiro atoms. The van der Waals surface area contributed by atoms with Gasteiger partial charge in [0.1, 0.15) is 5.82 Å². The van der Waals surface area contributed by atoms with Crippen LogP contribution in [0.4, 0.5) is 4.39 Å². The molecule has 0 amide bonds. The Hall–Kier alpha value is -2.93. The van der Waals surface area contributed by atoms with Gasteiger partial charge in [0.2, 0.25) is 11.7 Å². The van der Waals surface area contributed by atoms with Crippen molar-refractivity contribution in [1.82, 2.24) is 20.1 Å². The summed E-state index contributed by atoms with van der Waals surface area (Å²) >= 11 is 1.47. The largest absolute Gasteiger partial charge is 0.338 e. The minimum Gasteiger partial charge on any atom is -0.338 e. The molecular weight excluding hydrogens is 351 g/mol. The lowest BCUT2D eigenvalue weighted by molar-refractivity contribution is 0.391. The number of halogens is 1. The van der Waals surface area contributed by atoms with E-state index < -0.39 is 0 Å². The smallest absolute Gasteiger partial charge is 0.237 e. The monoisotopic (exact) mass is 366 g/mol. The van der Waals surface area contributed by atoms with Crippen LogP contribution in [0, 0.1) is 12.7 Å². The summed E-state index contributed by atoms with van der Waals surface area (Å²) in [7, 11) is 0. The Morgan fingerprint density at radius 2 is 1.96 bits per heavy atom. The number of aromatic nitrogens is 4. The first-order valence-electron chi connectivity index (χ1n) is 8.01. The number of benzene rings is 2. The van der Waals surface area contributed by atoms with Gasteiger partial charge < -0.3 is 9.51 Å². The van der Waals surface area contributed by atoms with E-state index in [4.69, 9.17) is 4.52 Å². The molecule has 0 saturated heterocycles. The van der Waals surface area contributed by atoms with Crippen molar-refractivity contribution in [3.8, 4) is 22.6 Å². The molecule has 2 aromatic heterocycles. The lowest BCUT2D eigenvalue weighted by Crippen LogP contribution is -1.87. The number of aromatic amines is 1. The molecule has 0 fully saturated rings. The van der Waals surface area contributed by atoms with E-state index in [9.17, 15) is 4.39 Å². The molecule has 0 aliphatic rings.